The molecule has 1 saturated heterocycles. The zero-order valence-corrected chi connectivity index (χ0v) is 11.1. The minimum Gasteiger partial charge on any atom is -0.383 e. The van der Waals surface area contributed by atoms with Crippen LogP contribution in [0.4, 0.5) is 0 Å². The van der Waals surface area contributed by atoms with Crippen molar-refractivity contribution in [3.05, 3.63) is 34.2 Å². The number of pyridine rings is 1. The summed E-state index contributed by atoms with van der Waals surface area (Å²) in [6, 6.07) is 3.32. The third kappa shape index (κ3) is 3.21. The van der Waals surface area contributed by atoms with Crippen molar-refractivity contribution < 1.29 is 9.53 Å². The molecule has 0 unspecified atom stereocenters. The summed E-state index contributed by atoms with van der Waals surface area (Å²) in [6.07, 6.45) is 1.68. The Morgan fingerprint density at radius 2 is 2.16 bits per heavy atom. The van der Waals surface area contributed by atoms with Gasteiger partial charge in [0.15, 0.2) is 0 Å². The number of amides is 1. The maximum Gasteiger partial charge on any atom is 0.263 e. The number of ether oxygens (including phenoxy) is 1. The van der Waals surface area contributed by atoms with Gasteiger partial charge in [0, 0.05) is 46.0 Å². The number of piperazine rings is 1. The summed E-state index contributed by atoms with van der Waals surface area (Å²) >= 11 is 0. The van der Waals surface area contributed by atoms with Gasteiger partial charge in [-0.1, -0.05) is 0 Å². The van der Waals surface area contributed by atoms with E-state index in [0.717, 1.165) is 13.1 Å². The van der Waals surface area contributed by atoms with Crippen molar-refractivity contribution in [2.75, 3.05) is 39.9 Å². The smallest absolute Gasteiger partial charge is 0.263 e. The Morgan fingerprint density at radius 1 is 1.42 bits per heavy atom. The van der Waals surface area contributed by atoms with Gasteiger partial charge < -0.3 is 19.5 Å². The van der Waals surface area contributed by atoms with E-state index < -0.39 is 0 Å². The van der Waals surface area contributed by atoms with Crippen molar-refractivity contribution in [1.82, 2.24) is 14.8 Å². The van der Waals surface area contributed by atoms with E-state index in [2.05, 4.69) is 5.32 Å². The van der Waals surface area contributed by atoms with Crippen LogP contribution in [0.5, 0.6) is 0 Å². The highest BCUT2D eigenvalue weighted by Crippen LogP contribution is 2.02. The van der Waals surface area contributed by atoms with Gasteiger partial charge in [0.1, 0.15) is 5.56 Å². The Kier molecular flexibility index (Phi) is 4.70. The van der Waals surface area contributed by atoms with Crippen LogP contribution in [-0.2, 0) is 11.3 Å². The maximum atomic E-state index is 12.3. The molecule has 2 heterocycles. The molecule has 0 aliphatic carbocycles. The zero-order chi connectivity index (χ0) is 13.7. The molecular formula is C13H19N3O3. The van der Waals surface area contributed by atoms with Crippen LogP contribution in [0.2, 0.25) is 0 Å². The summed E-state index contributed by atoms with van der Waals surface area (Å²) in [4.78, 5) is 26.2. The van der Waals surface area contributed by atoms with Crippen molar-refractivity contribution in [2.24, 2.45) is 0 Å². The van der Waals surface area contributed by atoms with Gasteiger partial charge in [0.25, 0.3) is 11.5 Å². The van der Waals surface area contributed by atoms with Crippen molar-refractivity contribution in [2.45, 2.75) is 6.54 Å². The monoisotopic (exact) mass is 265 g/mol. The second-order valence-corrected chi connectivity index (χ2v) is 4.46. The lowest BCUT2D eigenvalue weighted by molar-refractivity contribution is 0.0733. The molecule has 19 heavy (non-hydrogen) atoms. The van der Waals surface area contributed by atoms with Gasteiger partial charge in [-0.15, -0.1) is 0 Å². The number of rotatable bonds is 4. The highest BCUT2D eigenvalue weighted by atomic mass is 16.5. The second kappa shape index (κ2) is 6.49. The molecule has 1 aromatic rings. The van der Waals surface area contributed by atoms with E-state index in [1.165, 1.54) is 4.57 Å². The van der Waals surface area contributed by atoms with Gasteiger partial charge in [-0.2, -0.15) is 0 Å². The molecule has 0 radical (unpaired) electrons. The molecule has 1 aliphatic heterocycles. The maximum absolute atomic E-state index is 12.3. The van der Waals surface area contributed by atoms with Crippen LogP contribution in [0.1, 0.15) is 10.4 Å². The molecule has 1 aromatic heterocycles. The van der Waals surface area contributed by atoms with E-state index >= 15 is 0 Å². The molecule has 2 rings (SSSR count). The van der Waals surface area contributed by atoms with Crippen LogP contribution < -0.4 is 10.9 Å². The van der Waals surface area contributed by atoms with Crippen LogP contribution >= 0.6 is 0 Å². The first kappa shape index (κ1) is 13.8. The van der Waals surface area contributed by atoms with Gasteiger partial charge in [0.05, 0.1) is 6.61 Å². The van der Waals surface area contributed by atoms with Crippen LogP contribution in [0.15, 0.2) is 23.1 Å². The molecule has 104 valence electrons. The van der Waals surface area contributed by atoms with Crippen LogP contribution in [-0.4, -0.2) is 55.3 Å². The molecule has 0 atom stereocenters. The first-order chi connectivity index (χ1) is 9.24. The van der Waals surface area contributed by atoms with E-state index in [1.807, 2.05) is 0 Å². The fourth-order valence-electron chi connectivity index (χ4n) is 2.10. The largest absolute Gasteiger partial charge is 0.383 e. The molecule has 0 spiro atoms. The first-order valence-electron chi connectivity index (χ1n) is 6.42. The Morgan fingerprint density at radius 3 is 2.84 bits per heavy atom. The van der Waals surface area contributed by atoms with Gasteiger partial charge in [0.2, 0.25) is 0 Å². The van der Waals surface area contributed by atoms with E-state index in [9.17, 15) is 9.59 Å². The minimum atomic E-state index is -0.247. The normalized spacial score (nSPS) is 15.5. The highest BCUT2D eigenvalue weighted by Gasteiger charge is 2.20. The summed E-state index contributed by atoms with van der Waals surface area (Å²) in [5.74, 6) is -0.182. The number of aromatic nitrogens is 1. The standard InChI is InChI=1S/C13H19N3O3/c1-19-10-9-15-6-2-3-11(12(15)17)13(18)16-7-4-14-5-8-16/h2-3,6,14H,4-5,7-10H2,1H3. The van der Waals surface area contributed by atoms with E-state index in [1.54, 1.807) is 30.3 Å². The lowest BCUT2D eigenvalue weighted by Gasteiger charge is -2.27. The number of carbonyl (C=O) groups is 1. The molecule has 1 amide bonds. The Bertz CT molecular complexity index is 492. The van der Waals surface area contributed by atoms with Crippen molar-refractivity contribution in [1.29, 1.82) is 0 Å². The predicted octanol–water partition coefficient (Wildman–Crippen LogP) is -0.460. The first-order valence-corrected chi connectivity index (χ1v) is 6.42. The van der Waals surface area contributed by atoms with Crippen LogP contribution in [0, 0.1) is 0 Å². The Balaban J connectivity index is 2.19. The number of hydrogen-bond donors (Lipinski definition) is 1. The van der Waals surface area contributed by atoms with Crippen LogP contribution in [0.3, 0.4) is 0 Å². The summed E-state index contributed by atoms with van der Waals surface area (Å²) in [5.41, 5.74) is -0.0106. The molecule has 0 aromatic carbocycles. The quantitative estimate of drug-likeness (QED) is 0.800. The number of nitrogens with zero attached hydrogens (tertiary/aromatic N) is 2. The van der Waals surface area contributed by atoms with Gasteiger partial charge in [-0.25, -0.2) is 0 Å². The Hall–Kier alpha value is -1.66. The Labute approximate surface area is 112 Å². The van der Waals surface area contributed by atoms with Crippen LogP contribution in [0.25, 0.3) is 0 Å². The number of nitrogens with one attached hydrogen (secondary N) is 1. The third-order valence-electron chi connectivity index (χ3n) is 3.19. The summed E-state index contributed by atoms with van der Waals surface area (Å²) in [7, 11) is 1.58. The number of hydrogen-bond acceptors (Lipinski definition) is 4. The second-order valence-electron chi connectivity index (χ2n) is 4.46. The summed E-state index contributed by atoms with van der Waals surface area (Å²) < 4.78 is 6.47. The van der Waals surface area contributed by atoms with E-state index in [0.29, 0.717) is 26.2 Å². The van der Waals surface area contributed by atoms with Gasteiger partial charge >= 0.3 is 0 Å². The van der Waals surface area contributed by atoms with Crippen molar-refractivity contribution in [3.8, 4) is 0 Å². The fourth-order valence-corrected chi connectivity index (χ4v) is 2.10. The zero-order valence-electron chi connectivity index (χ0n) is 11.1. The molecule has 6 nitrogen and oxygen atoms in total. The summed E-state index contributed by atoms with van der Waals surface area (Å²) in [5, 5.41) is 3.18. The third-order valence-corrected chi connectivity index (χ3v) is 3.19. The van der Waals surface area contributed by atoms with E-state index in [-0.39, 0.29) is 17.0 Å². The topological polar surface area (TPSA) is 63.6 Å². The minimum absolute atomic E-state index is 0.182. The summed E-state index contributed by atoms with van der Waals surface area (Å²) in [6.45, 7) is 3.74. The van der Waals surface area contributed by atoms with Crippen molar-refractivity contribution in [3.63, 3.8) is 0 Å². The predicted molar refractivity (Wildman–Crippen MR) is 71.4 cm³/mol. The highest BCUT2D eigenvalue weighted by molar-refractivity contribution is 5.93. The molecular weight excluding hydrogens is 246 g/mol. The lowest BCUT2D eigenvalue weighted by atomic mass is 10.2. The molecule has 0 saturated carbocycles. The molecule has 1 aliphatic rings. The van der Waals surface area contributed by atoms with Crippen molar-refractivity contribution >= 4 is 5.91 Å². The molecule has 1 N–H and O–H groups in total. The average Bonchev–Trinajstić information content (AvgIpc) is 2.46. The SMILES string of the molecule is COCCn1cccc(C(=O)N2CCNCC2)c1=O. The fraction of sp³-hybridized carbons (Fsp3) is 0.538. The molecule has 0 bridgehead atoms. The number of methoxy groups -OCH3 is 1. The lowest BCUT2D eigenvalue weighted by Crippen LogP contribution is -2.47. The molecule has 1 fully saturated rings. The van der Waals surface area contributed by atoms with Gasteiger partial charge in [-0.05, 0) is 12.1 Å². The van der Waals surface area contributed by atoms with E-state index in [4.69, 9.17) is 4.74 Å². The number of carbonyl (C=O) groups excluding carboxylic acids is 1. The molecule has 6 heteroatoms. The average molecular weight is 265 g/mol. The van der Waals surface area contributed by atoms with Gasteiger partial charge in [-0.3, -0.25) is 9.59 Å².